The highest BCUT2D eigenvalue weighted by atomic mass is 16.6. The van der Waals surface area contributed by atoms with Gasteiger partial charge in [0.1, 0.15) is 0 Å². The highest BCUT2D eigenvalue weighted by Crippen LogP contribution is 2.10. The number of carbonyl (C=O) groups is 1. The number of amides is 1. The van der Waals surface area contributed by atoms with Crippen LogP contribution in [0.4, 0.5) is 5.69 Å². The maximum atomic E-state index is 11.6. The second-order valence-corrected chi connectivity index (χ2v) is 3.71. The molecule has 0 fully saturated rings. The van der Waals surface area contributed by atoms with Crippen molar-refractivity contribution in [3.8, 4) is 0 Å². The first kappa shape index (κ1) is 12.9. The number of pyridine rings is 1. The smallest absolute Gasteiger partial charge is 0.286 e. The molecule has 1 heterocycles. The van der Waals surface area contributed by atoms with Gasteiger partial charge >= 0.3 is 0 Å². The van der Waals surface area contributed by atoms with E-state index in [4.69, 9.17) is 5.73 Å². The molecule has 92 valence electrons. The van der Waals surface area contributed by atoms with Crippen molar-refractivity contribution in [1.29, 1.82) is 0 Å². The maximum Gasteiger partial charge on any atom is 0.286 e. The van der Waals surface area contributed by atoms with E-state index >= 15 is 0 Å². The Kier molecular flexibility index (Phi) is 3.97. The summed E-state index contributed by atoms with van der Waals surface area (Å²) in [5.74, 6) is -0.458. The lowest BCUT2D eigenvalue weighted by molar-refractivity contribution is -0.385. The number of primary amides is 1. The lowest BCUT2D eigenvalue weighted by atomic mass is 10.2. The van der Waals surface area contributed by atoms with E-state index < -0.39 is 10.8 Å². The molecule has 0 unspecified atom stereocenters. The molecule has 7 nitrogen and oxygen atoms in total. The summed E-state index contributed by atoms with van der Waals surface area (Å²) in [6.45, 7) is 1.75. The number of nitrogens with two attached hydrogens (primary N) is 1. The summed E-state index contributed by atoms with van der Waals surface area (Å²) in [7, 11) is 0. The van der Waals surface area contributed by atoms with Crippen LogP contribution in [0.2, 0.25) is 0 Å². The highest BCUT2D eigenvalue weighted by Gasteiger charge is 2.11. The molecule has 0 aromatic carbocycles. The molecule has 0 aliphatic heterocycles. The lowest BCUT2D eigenvalue weighted by Crippen LogP contribution is -2.23. The van der Waals surface area contributed by atoms with Gasteiger partial charge in [-0.25, -0.2) is 0 Å². The van der Waals surface area contributed by atoms with Crippen molar-refractivity contribution in [2.45, 2.75) is 26.3 Å². The van der Waals surface area contributed by atoms with Crippen LogP contribution in [0, 0.1) is 17.0 Å². The molecule has 0 bridgehead atoms. The van der Waals surface area contributed by atoms with Gasteiger partial charge in [-0.15, -0.1) is 0 Å². The fourth-order valence-electron chi connectivity index (χ4n) is 1.46. The topological polar surface area (TPSA) is 108 Å². The standard InChI is InChI=1S/C10H13N3O4/c1-7-5-8(13(16)17)6-12(10(7)15)4-2-3-9(11)14/h5-6H,2-4H2,1H3,(H2,11,14). The molecule has 1 aromatic rings. The number of aryl methyl sites for hydroxylation is 2. The first-order valence-corrected chi connectivity index (χ1v) is 5.05. The van der Waals surface area contributed by atoms with E-state index in [1.807, 2.05) is 0 Å². The summed E-state index contributed by atoms with van der Waals surface area (Å²) >= 11 is 0. The van der Waals surface area contributed by atoms with E-state index in [1.54, 1.807) is 0 Å². The van der Waals surface area contributed by atoms with E-state index in [-0.39, 0.29) is 24.2 Å². The Bertz CT molecular complexity index is 507. The van der Waals surface area contributed by atoms with Crippen molar-refractivity contribution in [1.82, 2.24) is 4.57 Å². The Morgan fingerprint density at radius 3 is 2.76 bits per heavy atom. The van der Waals surface area contributed by atoms with Crippen molar-refractivity contribution in [3.05, 3.63) is 38.3 Å². The molecule has 0 aliphatic carbocycles. The van der Waals surface area contributed by atoms with Gasteiger partial charge in [-0.3, -0.25) is 19.7 Å². The zero-order valence-electron chi connectivity index (χ0n) is 9.38. The van der Waals surface area contributed by atoms with E-state index in [2.05, 4.69) is 0 Å². The highest BCUT2D eigenvalue weighted by molar-refractivity contribution is 5.73. The van der Waals surface area contributed by atoms with Gasteiger partial charge in [-0.1, -0.05) is 0 Å². The van der Waals surface area contributed by atoms with Crippen molar-refractivity contribution in [2.24, 2.45) is 5.73 Å². The van der Waals surface area contributed by atoms with E-state index in [9.17, 15) is 19.7 Å². The van der Waals surface area contributed by atoms with Crippen LogP contribution in [-0.4, -0.2) is 15.4 Å². The van der Waals surface area contributed by atoms with Gasteiger partial charge in [-0.05, 0) is 13.3 Å². The van der Waals surface area contributed by atoms with Gasteiger partial charge in [-0.2, -0.15) is 0 Å². The molecule has 1 amide bonds. The number of nitrogens with zero attached hydrogens (tertiary/aromatic N) is 2. The molecule has 0 aliphatic rings. The van der Waals surface area contributed by atoms with E-state index in [0.717, 1.165) is 0 Å². The quantitative estimate of drug-likeness (QED) is 0.589. The summed E-state index contributed by atoms with van der Waals surface area (Å²) in [5, 5.41) is 10.6. The summed E-state index contributed by atoms with van der Waals surface area (Å²) in [5.41, 5.74) is 4.84. The van der Waals surface area contributed by atoms with Crippen LogP contribution in [0.5, 0.6) is 0 Å². The Morgan fingerprint density at radius 1 is 1.59 bits per heavy atom. The zero-order chi connectivity index (χ0) is 13.0. The van der Waals surface area contributed by atoms with Gasteiger partial charge in [0.2, 0.25) is 5.91 Å². The van der Waals surface area contributed by atoms with Crippen molar-refractivity contribution >= 4 is 11.6 Å². The van der Waals surface area contributed by atoms with Gasteiger partial charge in [0.25, 0.3) is 11.2 Å². The van der Waals surface area contributed by atoms with Gasteiger partial charge in [0, 0.05) is 24.6 Å². The number of aromatic nitrogens is 1. The minimum Gasteiger partial charge on any atom is -0.370 e. The SMILES string of the molecule is Cc1cc([N+](=O)[O-])cn(CCCC(N)=O)c1=O. The average molecular weight is 239 g/mol. The number of rotatable bonds is 5. The lowest BCUT2D eigenvalue weighted by Gasteiger charge is -2.05. The maximum absolute atomic E-state index is 11.6. The largest absolute Gasteiger partial charge is 0.370 e. The summed E-state index contributed by atoms with van der Waals surface area (Å²) in [4.78, 5) is 32.2. The summed E-state index contributed by atoms with van der Waals surface area (Å²) < 4.78 is 1.23. The Morgan fingerprint density at radius 2 is 2.24 bits per heavy atom. The molecular formula is C10H13N3O4. The Balaban J connectivity index is 2.94. The normalized spacial score (nSPS) is 10.2. The van der Waals surface area contributed by atoms with Crippen LogP contribution >= 0.6 is 0 Å². The van der Waals surface area contributed by atoms with Gasteiger partial charge in [0.15, 0.2) is 0 Å². The van der Waals surface area contributed by atoms with Crippen LogP contribution < -0.4 is 11.3 Å². The third-order valence-corrected chi connectivity index (χ3v) is 2.28. The van der Waals surface area contributed by atoms with E-state index in [0.29, 0.717) is 12.0 Å². The number of hydrogen-bond donors (Lipinski definition) is 1. The fourth-order valence-corrected chi connectivity index (χ4v) is 1.46. The average Bonchev–Trinajstić information content (AvgIpc) is 2.23. The number of nitro groups is 1. The third-order valence-electron chi connectivity index (χ3n) is 2.28. The molecule has 0 saturated carbocycles. The minimum atomic E-state index is -0.559. The van der Waals surface area contributed by atoms with Gasteiger partial charge in [0.05, 0.1) is 11.1 Å². The molecule has 17 heavy (non-hydrogen) atoms. The Hall–Kier alpha value is -2.18. The molecule has 1 rings (SSSR count). The molecule has 7 heteroatoms. The summed E-state index contributed by atoms with van der Waals surface area (Å²) in [6, 6.07) is 1.23. The first-order chi connectivity index (χ1) is 7.91. The molecule has 0 spiro atoms. The molecule has 2 N–H and O–H groups in total. The van der Waals surface area contributed by atoms with Crippen LogP contribution in [0.1, 0.15) is 18.4 Å². The first-order valence-electron chi connectivity index (χ1n) is 5.05. The molecular weight excluding hydrogens is 226 g/mol. The molecule has 0 atom stereocenters. The number of carbonyl (C=O) groups excluding carboxylic acids is 1. The van der Waals surface area contributed by atoms with Crippen LogP contribution in [0.15, 0.2) is 17.1 Å². The fraction of sp³-hybridized carbons (Fsp3) is 0.400. The van der Waals surface area contributed by atoms with Gasteiger partial charge < -0.3 is 10.3 Å². The molecule has 0 saturated heterocycles. The second-order valence-electron chi connectivity index (χ2n) is 3.71. The zero-order valence-corrected chi connectivity index (χ0v) is 9.38. The molecule has 0 radical (unpaired) electrons. The predicted octanol–water partition coefficient (Wildman–Crippen LogP) is 0.330. The third kappa shape index (κ3) is 3.40. The van der Waals surface area contributed by atoms with Crippen LogP contribution in [0.25, 0.3) is 0 Å². The van der Waals surface area contributed by atoms with E-state index in [1.165, 1.54) is 23.8 Å². The minimum absolute atomic E-state index is 0.138. The van der Waals surface area contributed by atoms with Crippen LogP contribution in [0.3, 0.4) is 0 Å². The van der Waals surface area contributed by atoms with Crippen molar-refractivity contribution in [2.75, 3.05) is 0 Å². The van der Waals surface area contributed by atoms with Crippen LogP contribution in [-0.2, 0) is 11.3 Å². The number of hydrogen-bond acceptors (Lipinski definition) is 4. The van der Waals surface area contributed by atoms with Crippen molar-refractivity contribution in [3.63, 3.8) is 0 Å². The monoisotopic (exact) mass is 239 g/mol. The summed E-state index contributed by atoms with van der Waals surface area (Å²) in [6.07, 6.45) is 1.71. The Labute approximate surface area is 97.0 Å². The molecule has 1 aromatic heterocycles. The second kappa shape index (κ2) is 5.24. The predicted molar refractivity (Wildman–Crippen MR) is 60.5 cm³/mol. The van der Waals surface area contributed by atoms with Crippen molar-refractivity contribution < 1.29 is 9.72 Å².